The molecule has 0 radical (unpaired) electrons. The molecular weight excluding hydrogens is 346 g/mol. The first kappa shape index (κ1) is 18.7. The van der Waals surface area contributed by atoms with Gasteiger partial charge in [0, 0.05) is 0 Å². The number of carbonyl (C=O) groups excluding carboxylic acids is 2. The third-order valence-electron chi connectivity index (χ3n) is 3.97. The smallest absolute Gasteiger partial charge is 0.259 e. The van der Waals surface area contributed by atoms with Gasteiger partial charge in [0.05, 0.1) is 23.5 Å². The van der Waals surface area contributed by atoms with Crippen LogP contribution in [0.3, 0.4) is 0 Å². The van der Waals surface area contributed by atoms with E-state index in [0.29, 0.717) is 41.7 Å². The van der Waals surface area contributed by atoms with Gasteiger partial charge in [0.15, 0.2) is 11.5 Å². The average molecular weight is 369 g/mol. The van der Waals surface area contributed by atoms with Crippen molar-refractivity contribution in [3.8, 4) is 11.5 Å². The number of fused-ring (bicyclic) bond motifs is 1. The number of ether oxygens (including phenoxy) is 2. The Labute approximate surface area is 158 Å². The largest absolute Gasteiger partial charge is 0.486 e. The predicted octanol–water partition coefficient (Wildman–Crippen LogP) is 2.52. The monoisotopic (exact) mass is 369 g/mol. The molecule has 142 valence electrons. The van der Waals surface area contributed by atoms with E-state index in [2.05, 4.69) is 10.6 Å². The van der Waals surface area contributed by atoms with E-state index in [0.717, 1.165) is 5.56 Å². The Morgan fingerprint density at radius 2 is 1.81 bits per heavy atom. The van der Waals surface area contributed by atoms with E-state index in [1.807, 2.05) is 33.2 Å². The summed E-state index contributed by atoms with van der Waals surface area (Å²) in [6.45, 7) is 3.02. The van der Waals surface area contributed by atoms with Crippen LogP contribution >= 0.6 is 0 Å². The van der Waals surface area contributed by atoms with Gasteiger partial charge in [0.2, 0.25) is 5.91 Å². The standard InChI is InChI=1S/C20H23N3O4/c1-13-7-8-15(21-18(24)12-23(2)3)16(11-13)22-20(25)14-5-4-6-17-19(14)27-10-9-26-17/h4-8,11H,9-10,12H2,1-3H3,(H,21,24)(H,22,25). The zero-order valence-corrected chi connectivity index (χ0v) is 15.7. The summed E-state index contributed by atoms with van der Waals surface area (Å²) < 4.78 is 11.1. The van der Waals surface area contributed by atoms with Crippen molar-refractivity contribution in [3.63, 3.8) is 0 Å². The van der Waals surface area contributed by atoms with Crippen LogP contribution in [0.4, 0.5) is 11.4 Å². The van der Waals surface area contributed by atoms with Gasteiger partial charge >= 0.3 is 0 Å². The van der Waals surface area contributed by atoms with Crippen LogP contribution < -0.4 is 20.1 Å². The lowest BCUT2D eigenvalue weighted by molar-refractivity contribution is -0.116. The second-order valence-electron chi connectivity index (χ2n) is 6.62. The summed E-state index contributed by atoms with van der Waals surface area (Å²) in [6.07, 6.45) is 0. The first-order chi connectivity index (χ1) is 12.9. The van der Waals surface area contributed by atoms with E-state index in [9.17, 15) is 9.59 Å². The minimum absolute atomic E-state index is 0.159. The van der Waals surface area contributed by atoms with Gasteiger partial charge in [0.1, 0.15) is 13.2 Å². The lowest BCUT2D eigenvalue weighted by Crippen LogP contribution is -2.27. The molecule has 0 unspecified atom stereocenters. The number of para-hydroxylation sites is 1. The molecule has 1 heterocycles. The van der Waals surface area contributed by atoms with E-state index in [-0.39, 0.29) is 18.4 Å². The maximum atomic E-state index is 12.8. The minimum Gasteiger partial charge on any atom is -0.486 e. The number of carbonyl (C=O) groups is 2. The number of hydrogen-bond acceptors (Lipinski definition) is 5. The topological polar surface area (TPSA) is 79.9 Å². The van der Waals surface area contributed by atoms with Crippen molar-refractivity contribution in [2.75, 3.05) is 44.5 Å². The van der Waals surface area contributed by atoms with Gasteiger partial charge in [-0.25, -0.2) is 0 Å². The number of anilines is 2. The molecule has 2 aromatic carbocycles. The number of hydrogen-bond donors (Lipinski definition) is 2. The zero-order valence-electron chi connectivity index (χ0n) is 15.7. The molecule has 7 heteroatoms. The van der Waals surface area contributed by atoms with Gasteiger partial charge in [-0.1, -0.05) is 12.1 Å². The summed E-state index contributed by atoms with van der Waals surface area (Å²) >= 11 is 0. The molecule has 0 saturated carbocycles. The number of nitrogens with zero attached hydrogens (tertiary/aromatic N) is 1. The maximum absolute atomic E-state index is 12.8. The van der Waals surface area contributed by atoms with E-state index in [4.69, 9.17) is 9.47 Å². The number of aryl methyl sites for hydroxylation is 1. The molecule has 0 aliphatic carbocycles. The van der Waals surface area contributed by atoms with E-state index in [1.54, 1.807) is 29.2 Å². The highest BCUT2D eigenvalue weighted by molar-refractivity contribution is 6.09. The molecular formula is C20H23N3O4. The van der Waals surface area contributed by atoms with Crippen molar-refractivity contribution in [1.82, 2.24) is 4.90 Å². The second kappa shape index (κ2) is 8.09. The fourth-order valence-corrected chi connectivity index (χ4v) is 2.79. The molecule has 0 bridgehead atoms. The summed E-state index contributed by atoms with van der Waals surface area (Å²) in [5.74, 6) is 0.504. The Morgan fingerprint density at radius 3 is 2.59 bits per heavy atom. The number of likely N-dealkylation sites (N-methyl/N-ethyl adjacent to an activating group) is 1. The summed E-state index contributed by atoms with van der Waals surface area (Å²) in [5.41, 5.74) is 2.43. The first-order valence-electron chi connectivity index (χ1n) is 8.69. The van der Waals surface area contributed by atoms with Crippen LogP contribution in [0.5, 0.6) is 11.5 Å². The average Bonchev–Trinajstić information content (AvgIpc) is 2.62. The van der Waals surface area contributed by atoms with Crippen molar-refractivity contribution >= 4 is 23.2 Å². The summed E-state index contributed by atoms with van der Waals surface area (Å²) in [4.78, 5) is 26.7. The fourth-order valence-electron chi connectivity index (χ4n) is 2.79. The molecule has 27 heavy (non-hydrogen) atoms. The van der Waals surface area contributed by atoms with Crippen molar-refractivity contribution in [3.05, 3.63) is 47.5 Å². The van der Waals surface area contributed by atoms with Crippen molar-refractivity contribution < 1.29 is 19.1 Å². The molecule has 3 rings (SSSR count). The summed E-state index contributed by atoms with van der Waals surface area (Å²) in [6, 6.07) is 10.7. The highest BCUT2D eigenvalue weighted by atomic mass is 16.6. The number of rotatable bonds is 5. The zero-order chi connectivity index (χ0) is 19.4. The van der Waals surface area contributed by atoms with Gasteiger partial charge in [0.25, 0.3) is 5.91 Å². The lowest BCUT2D eigenvalue weighted by atomic mass is 10.1. The van der Waals surface area contributed by atoms with Crippen molar-refractivity contribution in [1.29, 1.82) is 0 Å². The SMILES string of the molecule is Cc1ccc(NC(=O)CN(C)C)c(NC(=O)c2cccc3c2OCCO3)c1. The predicted molar refractivity (Wildman–Crippen MR) is 104 cm³/mol. The quantitative estimate of drug-likeness (QED) is 0.847. The normalized spacial score (nSPS) is 12.6. The Bertz CT molecular complexity index is 864. The van der Waals surface area contributed by atoms with Crippen LogP contribution in [0, 0.1) is 6.92 Å². The molecule has 7 nitrogen and oxygen atoms in total. The third-order valence-corrected chi connectivity index (χ3v) is 3.97. The van der Waals surface area contributed by atoms with Gasteiger partial charge in [-0.05, 0) is 50.8 Å². The molecule has 0 fully saturated rings. The van der Waals surface area contributed by atoms with Gasteiger partial charge < -0.3 is 25.0 Å². The molecule has 0 aromatic heterocycles. The van der Waals surface area contributed by atoms with Gasteiger partial charge in [-0.15, -0.1) is 0 Å². The van der Waals surface area contributed by atoms with Crippen LogP contribution in [0.2, 0.25) is 0 Å². The Hall–Kier alpha value is -3.06. The van der Waals surface area contributed by atoms with E-state index in [1.165, 1.54) is 0 Å². The van der Waals surface area contributed by atoms with Crippen LogP contribution in [0.15, 0.2) is 36.4 Å². The Morgan fingerprint density at radius 1 is 1.04 bits per heavy atom. The Kier molecular flexibility index (Phi) is 5.61. The number of amides is 2. The second-order valence-corrected chi connectivity index (χ2v) is 6.62. The summed E-state index contributed by atoms with van der Waals surface area (Å²) in [5, 5.41) is 5.71. The van der Waals surface area contributed by atoms with Crippen molar-refractivity contribution in [2.45, 2.75) is 6.92 Å². The molecule has 1 aliphatic rings. The van der Waals surface area contributed by atoms with E-state index < -0.39 is 0 Å². The van der Waals surface area contributed by atoms with Crippen LogP contribution in [-0.2, 0) is 4.79 Å². The third kappa shape index (κ3) is 4.57. The number of nitrogens with one attached hydrogen (secondary N) is 2. The molecule has 0 saturated heterocycles. The highest BCUT2D eigenvalue weighted by Gasteiger charge is 2.21. The lowest BCUT2D eigenvalue weighted by Gasteiger charge is -2.21. The maximum Gasteiger partial charge on any atom is 0.259 e. The Balaban J connectivity index is 1.84. The molecule has 1 aliphatic heterocycles. The van der Waals surface area contributed by atoms with Gasteiger partial charge in [-0.2, -0.15) is 0 Å². The highest BCUT2D eigenvalue weighted by Crippen LogP contribution is 2.34. The molecule has 2 aromatic rings. The number of benzene rings is 2. The van der Waals surface area contributed by atoms with Crippen LogP contribution in [0.1, 0.15) is 15.9 Å². The first-order valence-corrected chi connectivity index (χ1v) is 8.69. The van der Waals surface area contributed by atoms with Crippen LogP contribution in [0.25, 0.3) is 0 Å². The van der Waals surface area contributed by atoms with Crippen molar-refractivity contribution in [2.24, 2.45) is 0 Å². The van der Waals surface area contributed by atoms with E-state index >= 15 is 0 Å². The molecule has 2 amide bonds. The molecule has 0 atom stereocenters. The fraction of sp³-hybridized carbons (Fsp3) is 0.300. The van der Waals surface area contributed by atoms with Crippen LogP contribution in [-0.4, -0.2) is 50.6 Å². The summed E-state index contributed by atoms with van der Waals surface area (Å²) in [7, 11) is 3.63. The van der Waals surface area contributed by atoms with Gasteiger partial charge in [-0.3, -0.25) is 9.59 Å². The minimum atomic E-state index is -0.328. The molecule has 2 N–H and O–H groups in total. The molecule has 0 spiro atoms.